The van der Waals surface area contributed by atoms with E-state index in [1.807, 2.05) is 24.3 Å². The van der Waals surface area contributed by atoms with E-state index in [1.54, 1.807) is 54.8 Å². The monoisotopic (exact) mass is 684 g/mol. The summed E-state index contributed by atoms with van der Waals surface area (Å²) in [5.41, 5.74) is 3.84. The van der Waals surface area contributed by atoms with E-state index in [4.69, 9.17) is 49.0 Å². The van der Waals surface area contributed by atoms with Crippen molar-refractivity contribution >= 4 is 58.2 Å². The molecule has 0 saturated heterocycles. The van der Waals surface area contributed by atoms with E-state index in [0.717, 1.165) is 16.7 Å². The molecule has 0 bridgehead atoms. The highest BCUT2D eigenvalue weighted by Crippen LogP contribution is 2.38. The lowest BCUT2D eigenvalue weighted by Crippen LogP contribution is -2.39. The number of halogens is 3. The van der Waals surface area contributed by atoms with Gasteiger partial charge in [0.05, 0.1) is 40.6 Å². The lowest BCUT2D eigenvalue weighted by Gasteiger charge is -2.25. The summed E-state index contributed by atoms with van der Waals surface area (Å²) in [5, 5.41) is 1.29. The van der Waals surface area contributed by atoms with E-state index in [9.17, 15) is 9.59 Å². The van der Waals surface area contributed by atoms with Gasteiger partial charge in [-0.25, -0.2) is 9.79 Å². The van der Waals surface area contributed by atoms with Gasteiger partial charge in [-0.2, -0.15) is 0 Å². The molecular weight excluding hydrogens is 655 g/mol. The first-order valence-electron chi connectivity index (χ1n) is 14.3. The molecule has 0 unspecified atom stereocenters. The van der Waals surface area contributed by atoms with Gasteiger partial charge in [-0.05, 0) is 66.8 Å². The Bertz CT molecular complexity index is 1980. The minimum Gasteiger partial charge on any atom is -0.493 e. The van der Waals surface area contributed by atoms with Gasteiger partial charge in [0.2, 0.25) is 0 Å². The third-order valence-electron chi connectivity index (χ3n) is 7.37. The van der Waals surface area contributed by atoms with E-state index < -0.39 is 12.0 Å². The van der Waals surface area contributed by atoms with Crippen LogP contribution in [0, 0.1) is 0 Å². The molecule has 2 heterocycles. The van der Waals surface area contributed by atoms with Crippen molar-refractivity contribution in [2.45, 2.75) is 46.3 Å². The standard InChI is InChI=1S/C34H31Cl3N2O5S/c1-6-43-33(41)29-19(4)38-34-39(30(29)22-9-7-21(8-10-22)18(2)3)32(40)28(45-34)15-20-13-26(37)31(27(14-20)42-5)44-17-23-11-12-24(35)16-25(23)36/h7-16,18,30H,6,17H2,1-5H3/t30-/m1/s1. The molecule has 0 aliphatic carbocycles. The summed E-state index contributed by atoms with van der Waals surface area (Å²) in [6.45, 7) is 8.08. The van der Waals surface area contributed by atoms with Gasteiger partial charge in [0, 0.05) is 15.6 Å². The fourth-order valence-corrected chi connectivity index (χ4v) is 6.86. The summed E-state index contributed by atoms with van der Waals surface area (Å²) in [7, 11) is 1.51. The zero-order valence-electron chi connectivity index (χ0n) is 25.3. The van der Waals surface area contributed by atoms with Gasteiger partial charge in [-0.15, -0.1) is 0 Å². The van der Waals surface area contributed by atoms with Crippen molar-refractivity contribution in [2.24, 2.45) is 4.99 Å². The predicted molar refractivity (Wildman–Crippen MR) is 180 cm³/mol. The molecule has 4 aromatic rings. The maximum atomic E-state index is 14.0. The minimum atomic E-state index is -0.697. The number of carbonyl (C=O) groups is 1. The Balaban J connectivity index is 1.57. The Morgan fingerprint density at radius 2 is 1.80 bits per heavy atom. The second-order valence-electron chi connectivity index (χ2n) is 10.7. The van der Waals surface area contributed by atoms with Gasteiger partial charge in [-0.3, -0.25) is 9.36 Å². The second-order valence-corrected chi connectivity index (χ2v) is 12.9. The number of methoxy groups -OCH3 is 1. The van der Waals surface area contributed by atoms with Gasteiger partial charge < -0.3 is 14.2 Å². The third-order valence-corrected chi connectivity index (χ3v) is 9.22. The fraction of sp³-hybridized carbons (Fsp3) is 0.265. The number of hydrogen-bond acceptors (Lipinski definition) is 7. The highest BCUT2D eigenvalue weighted by atomic mass is 35.5. The molecule has 0 saturated carbocycles. The maximum Gasteiger partial charge on any atom is 0.338 e. The molecule has 11 heteroatoms. The first-order valence-corrected chi connectivity index (χ1v) is 16.2. The quantitative estimate of drug-likeness (QED) is 0.171. The average Bonchev–Trinajstić information content (AvgIpc) is 3.30. The zero-order chi connectivity index (χ0) is 32.4. The first-order chi connectivity index (χ1) is 21.5. The topological polar surface area (TPSA) is 79.1 Å². The molecule has 1 aliphatic rings. The van der Waals surface area contributed by atoms with Gasteiger partial charge in [0.25, 0.3) is 5.56 Å². The van der Waals surface area contributed by atoms with Crippen LogP contribution in [-0.4, -0.2) is 24.3 Å². The Morgan fingerprint density at radius 3 is 2.44 bits per heavy atom. The van der Waals surface area contributed by atoms with Crippen molar-refractivity contribution in [2.75, 3.05) is 13.7 Å². The molecule has 3 aromatic carbocycles. The summed E-state index contributed by atoms with van der Waals surface area (Å²) in [6, 6.07) is 15.8. The summed E-state index contributed by atoms with van der Waals surface area (Å²) in [4.78, 5) is 32.4. The Morgan fingerprint density at radius 1 is 1.07 bits per heavy atom. The van der Waals surface area contributed by atoms with Crippen molar-refractivity contribution in [3.05, 3.63) is 123 Å². The lowest BCUT2D eigenvalue weighted by molar-refractivity contribution is -0.139. The van der Waals surface area contributed by atoms with Crippen LogP contribution in [-0.2, 0) is 16.1 Å². The lowest BCUT2D eigenvalue weighted by atomic mass is 9.93. The van der Waals surface area contributed by atoms with E-state index in [0.29, 0.717) is 58.7 Å². The van der Waals surface area contributed by atoms with Crippen LogP contribution in [0.2, 0.25) is 15.1 Å². The van der Waals surface area contributed by atoms with Crippen LogP contribution in [0.1, 0.15) is 61.9 Å². The number of ether oxygens (including phenoxy) is 3. The number of rotatable bonds is 9. The summed E-state index contributed by atoms with van der Waals surface area (Å²) < 4.78 is 19.0. The van der Waals surface area contributed by atoms with Crippen molar-refractivity contribution in [3.8, 4) is 11.5 Å². The third kappa shape index (κ3) is 6.84. The number of benzene rings is 3. The molecule has 0 spiro atoms. The molecule has 0 radical (unpaired) electrons. The highest BCUT2D eigenvalue weighted by molar-refractivity contribution is 7.07. The van der Waals surface area contributed by atoms with Crippen LogP contribution in [0.5, 0.6) is 11.5 Å². The van der Waals surface area contributed by atoms with Gasteiger partial charge in [0.15, 0.2) is 16.3 Å². The van der Waals surface area contributed by atoms with Crippen molar-refractivity contribution in [1.29, 1.82) is 0 Å². The number of aromatic nitrogens is 1. The molecule has 234 valence electrons. The number of nitrogens with zero attached hydrogens (tertiary/aromatic N) is 2. The zero-order valence-corrected chi connectivity index (χ0v) is 28.4. The van der Waals surface area contributed by atoms with E-state index >= 15 is 0 Å². The van der Waals surface area contributed by atoms with Crippen LogP contribution in [0.25, 0.3) is 6.08 Å². The van der Waals surface area contributed by atoms with E-state index in [2.05, 4.69) is 18.8 Å². The largest absolute Gasteiger partial charge is 0.493 e. The molecule has 0 N–H and O–H groups in total. The average molecular weight is 686 g/mol. The van der Waals surface area contributed by atoms with Crippen LogP contribution >= 0.6 is 46.1 Å². The predicted octanol–water partition coefficient (Wildman–Crippen LogP) is 7.47. The molecule has 7 nitrogen and oxygen atoms in total. The molecule has 5 rings (SSSR count). The Hall–Kier alpha value is -3.56. The number of allylic oxidation sites excluding steroid dienone is 1. The van der Waals surface area contributed by atoms with Gasteiger partial charge >= 0.3 is 5.97 Å². The molecular formula is C34H31Cl3N2O5S. The maximum absolute atomic E-state index is 14.0. The molecule has 45 heavy (non-hydrogen) atoms. The number of carbonyl (C=O) groups excluding carboxylic acids is 1. The molecule has 1 atom stereocenters. The van der Waals surface area contributed by atoms with Crippen LogP contribution in [0.4, 0.5) is 0 Å². The van der Waals surface area contributed by atoms with Gasteiger partial charge in [0.1, 0.15) is 6.61 Å². The first kappa shape index (κ1) is 32.8. The Labute approximate surface area is 280 Å². The van der Waals surface area contributed by atoms with Crippen LogP contribution < -0.4 is 24.4 Å². The molecule has 0 amide bonds. The van der Waals surface area contributed by atoms with Gasteiger partial charge in [-0.1, -0.05) is 90.3 Å². The summed E-state index contributed by atoms with van der Waals surface area (Å²) in [6.07, 6.45) is 1.72. The molecule has 0 fully saturated rings. The Kier molecular flexibility index (Phi) is 10.1. The normalized spacial score (nSPS) is 14.8. The number of thiazole rings is 1. The minimum absolute atomic E-state index is 0.143. The number of esters is 1. The van der Waals surface area contributed by atoms with E-state index in [1.165, 1.54) is 18.4 Å². The fourth-order valence-electron chi connectivity index (χ4n) is 5.07. The van der Waals surface area contributed by atoms with Crippen molar-refractivity contribution in [1.82, 2.24) is 4.57 Å². The second kappa shape index (κ2) is 13.8. The number of fused-ring (bicyclic) bond motifs is 1. The van der Waals surface area contributed by atoms with Crippen molar-refractivity contribution in [3.63, 3.8) is 0 Å². The smallest absolute Gasteiger partial charge is 0.338 e. The van der Waals surface area contributed by atoms with Crippen LogP contribution in [0.15, 0.2) is 75.7 Å². The van der Waals surface area contributed by atoms with Crippen LogP contribution in [0.3, 0.4) is 0 Å². The summed E-state index contributed by atoms with van der Waals surface area (Å²) in [5.74, 6) is 0.551. The van der Waals surface area contributed by atoms with Crippen molar-refractivity contribution < 1.29 is 19.0 Å². The highest BCUT2D eigenvalue weighted by Gasteiger charge is 2.33. The van der Waals surface area contributed by atoms with E-state index in [-0.39, 0.29) is 18.8 Å². The summed E-state index contributed by atoms with van der Waals surface area (Å²) >= 11 is 20.2. The molecule has 1 aromatic heterocycles. The number of hydrogen-bond donors (Lipinski definition) is 0. The SMILES string of the molecule is CCOC(=O)C1=C(C)N=c2sc(=Cc3cc(Cl)c(OCc4ccc(Cl)cc4Cl)c(OC)c3)c(=O)n2[C@@H]1c1ccc(C(C)C)cc1. The molecule has 1 aliphatic heterocycles.